The molecule has 2 aromatic rings. The molecule has 0 saturated carbocycles. The molecule has 2 aromatic heterocycles. The number of aromatic nitrogens is 4. The van der Waals surface area contributed by atoms with Crippen molar-refractivity contribution in [3.05, 3.63) is 36.3 Å². The van der Waals surface area contributed by atoms with Crippen LogP contribution in [0.15, 0.2) is 30.6 Å². The molecule has 1 aliphatic rings. The normalized spacial score (nSPS) is 19.7. The molecule has 8 nitrogen and oxygen atoms in total. The van der Waals surface area contributed by atoms with Crippen LogP contribution in [-0.2, 0) is 16.4 Å². The first-order valence-electron chi connectivity index (χ1n) is 6.91. The third-order valence-corrected chi connectivity index (χ3v) is 5.07. The van der Waals surface area contributed by atoms with Crippen molar-refractivity contribution >= 4 is 21.6 Å². The number of hydrogen-bond donors (Lipinski definition) is 2. The maximum atomic E-state index is 11.4. The van der Waals surface area contributed by atoms with Crippen LogP contribution in [0.2, 0.25) is 0 Å². The molecular formula is C13H16N6O2S. The second kappa shape index (κ2) is 6.22. The Labute approximate surface area is 128 Å². The molecular weight excluding hydrogens is 304 g/mol. The highest BCUT2D eigenvalue weighted by Crippen LogP contribution is 2.15. The topological polar surface area (TPSA) is 110 Å². The van der Waals surface area contributed by atoms with E-state index in [1.807, 2.05) is 18.2 Å². The van der Waals surface area contributed by atoms with Crippen LogP contribution in [0, 0.1) is 0 Å². The van der Waals surface area contributed by atoms with Gasteiger partial charge in [-0.2, -0.15) is 10.1 Å². The summed E-state index contributed by atoms with van der Waals surface area (Å²) in [6, 6.07) is 5.52. The predicted molar refractivity (Wildman–Crippen MR) is 82.1 cm³/mol. The fourth-order valence-electron chi connectivity index (χ4n) is 2.23. The van der Waals surface area contributed by atoms with Crippen molar-refractivity contribution in [2.45, 2.75) is 19.0 Å². The maximum Gasteiger partial charge on any atom is 0.244 e. The van der Waals surface area contributed by atoms with Crippen molar-refractivity contribution in [2.75, 3.05) is 22.1 Å². The van der Waals surface area contributed by atoms with Crippen molar-refractivity contribution < 1.29 is 8.42 Å². The van der Waals surface area contributed by atoms with Crippen molar-refractivity contribution in [2.24, 2.45) is 0 Å². The summed E-state index contributed by atoms with van der Waals surface area (Å²) in [7, 11) is -2.93. The Balaban J connectivity index is 1.60. The summed E-state index contributed by atoms with van der Waals surface area (Å²) in [4.78, 5) is 8.49. The average Bonchev–Trinajstić information content (AvgIpc) is 2.85. The first-order chi connectivity index (χ1) is 10.6. The molecule has 0 aromatic carbocycles. The molecule has 1 saturated heterocycles. The number of hydrogen-bond acceptors (Lipinski definition) is 8. The molecule has 9 heteroatoms. The minimum Gasteiger partial charge on any atom is -0.363 e. The van der Waals surface area contributed by atoms with Crippen molar-refractivity contribution in [3.8, 4) is 0 Å². The zero-order valence-corrected chi connectivity index (χ0v) is 12.6. The fourth-order valence-corrected chi connectivity index (χ4v) is 3.90. The number of rotatable bonds is 5. The number of sulfone groups is 1. The average molecular weight is 320 g/mol. The highest BCUT2D eigenvalue weighted by atomic mass is 32.2. The van der Waals surface area contributed by atoms with Gasteiger partial charge in [-0.15, -0.1) is 5.10 Å². The minimum absolute atomic E-state index is 0.113. The van der Waals surface area contributed by atoms with E-state index >= 15 is 0 Å². The van der Waals surface area contributed by atoms with Gasteiger partial charge in [0.25, 0.3) is 0 Å². The summed E-state index contributed by atoms with van der Waals surface area (Å²) in [6.45, 7) is 0.525. The molecule has 1 atom stereocenters. The zero-order chi connectivity index (χ0) is 15.4. The van der Waals surface area contributed by atoms with E-state index in [1.165, 1.54) is 6.20 Å². The van der Waals surface area contributed by atoms with Gasteiger partial charge < -0.3 is 10.6 Å². The lowest BCUT2D eigenvalue weighted by Gasteiger charge is -2.11. The summed E-state index contributed by atoms with van der Waals surface area (Å²) in [6.07, 6.45) is 3.81. The molecule has 1 fully saturated rings. The zero-order valence-electron chi connectivity index (χ0n) is 11.8. The lowest BCUT2D eigenvalue weighted by molar-refractivity contribution is 0.602. The van der Waals surface area contributed by atoms with E-state index in [1.54, 1.807) is 6.20 Å². The molecule has 22 heavy (non-hydrogen) atoms. The summed E-state index contributed by atoms with van der Waals surface area (Å²) in [5, 5.41) is 13.9. The monoisotopic (exact) mass is 320 g/mol. The van der Waals surface area contributed by atoms with Crippen molar-refractivity contribution in [1.29, 1.82) is 0 Å². The Bertz CT molecular complexity index is 737. The SMILES string of the molecule is O=S1(=O)CCC(Nc2nncc(NCc3ccccn3)n2)C1. The van der Waals surface area contributed by atoms with E-state index in [0.29, 0.717) is 24.7 Å². The molecule has 0 spiro atoms. The molecule has 1 unspecified atom stereocenters. The molecule has 1 aliphatic heterocycles. The van der Waals surface area contributed by atoms with Crippen LogP contribution in [0.3, 0.4) is 0 Å². The summed E-state index contributed by atoms with van der Waals surface area (Å²) in [5.41, 5.74) is 0.887. The van der Waals surface area contributed by atoms with E-state index in [0.717, 1.165) is 5.69 Å². The molecule has 0 radical (unpaired) electrons. The lowest BCUT2D eigenvalue weighted by atomic mass is 10.3. The summed E-state index contributed by atoms with van der Waals surface area (Å²) in [5.74, 6) is 1.20. The first-order valence-corrected chi connectivity index (χ1v) is 8.73. The Morgan fingerprint density at radius 2 is 2.23 bits per heavy atom. The van der Waals surface area contributed by atoms with Gasteiger partial charge >= 0.3 is 0 Å². The Morgan fingerprint density at radius 3 is 2.95 bits per heavy atom. The number of pyridine rings is 1. The third kappa shape index (κ3) is 3.88. The molecule has 3 rings (SSSR count). The second-order valence-corrected chi connectivity index (χ2v) is 7.31. The largest absolute Gasteiger partial charge is 0.363 e. The number of nitrogens with one attached hydrogen (secondary N) is 2. The van der Waals surface area contributed by atoms with E-state index in [9.17, 15) is 8.42 Å². The van der Waals surface area contributed by atoms with Crippen LogP contribution in [0.25, 0.3) is 0 Å². The Hall–Kier alpha value is -2.29. The highest BCUT2D eigenvalue weighted by Gasteiger charge is 2.28. The molecule has 2 N–H and O–H groups in total. The van der Waals surface area contributed by atoms with Crippen LogP contribution in [0.4, 0.5) is 11.8 Å². The highest BCUT2D eigenvalue weighted by molar-refractivity contribution is 7.91. The standard InChI is InChI=1S/C13H16N6O2S/c20-22(21)6-4-11(9-22)17-13-18-12(8-16-19-13)15-7-10-3-1-2-5-14-10/h1-3,5,8,11H,4,6-7,9H2,(H2,15,17,18,19). The summed E-state index contributed by atoms with van der Waals surface area (Å²) >= 11 is 0. The van der Waals surface area contributed by atoms with Gasteiger partial charge in [0.2, 0.25) is 5.95 Å². The van der Waals surface area contributed by atoms with Crippen LogP contribution >= 0.6 is 0 Å². The van der Waals surface area contributed by atoms with Crippen LogP contribution in [-0.4, -0.2) is 46.1 Å². The molecule has 0 amide bonds. The van der Waals surface area contributed by atoms with E-state index in [-0.39, 0.29) is 17.5 Å². The van der Waals surface area contributed by atoms with Gasteiger partial charge in [-0.1, -0.05) is 6.07 Å². The van der Waals surface area contributed by atoms with E-state index in [2.05, 4.69) is 30.8 Å². The number of anilines is 2. The maximum absolute atomic E-state index is 11.4. The predicted octanol–water partition coefficient (Wildman–Crippen LogP) is 0.478. The first kappa shape index (κ1) is 14.6. The van der Waals surface area contributed by atoms with Crippen LogP contribution in [0.1, 0.15) is 12.1 Å². The number of nitrogens with zero attached hydrogens (tertiary/aromatic N) is 4. The minimum atomic E-state index is -2.93. The Kier molecular flexibility index (Phi) is 4.14. The quantitative estimate of drug-likeness (QED) is 0.818. The summed E-state index contributed by atoms with van der Waals surface area (Å²) < 4.78 is 22.9. The van der Waals surface area contributed by atoms with Gasteiger partial charge in [0, 0.05) is 12.2 Å². The fraction of sp³-hybridized carbons (Fsp3) is 0.385. The van der Waals surface area contributed by atoms with Crippen LogP contribution < -0.4 is 10.6 Å². The lowest BCUT2D eigenvalue weighted by Crippen LogP contribution is -2.22. The second-order valence-electron chi connectivity index (χ2n) is 5.08. The van der Waals surface area contributed by atoms with Gasteiger partial charge in [-0.25, -0.2) is 8.42 Å². The Morgan fingerprint density at radius 1 is 1.32 bits per heavy atom. The smallest absolute Gasteiger partial charge is 0.244 e. The molecule has 0 aliphatic carbocycles. The van der Waals surface area contributed by atoms with Gasteiger partial charge in [-0.05, 0) is 18.6 Å². The molecule has 116 valence electrons. The van der Waals surface area contributed by atoms with Crippen molar-refractivity contribution in [1.82, 2.24) is 20.2 Å². The molecule has 0 bridgehead atoms. The van der Waals surface area contributed by atoms with Gasteiger partial charge in [0.05, 0.1) is 29.9 Å². The van der Waals surface area contributed by atoms with Gasteiger partial charge in [-0.3, -0.25) is 4.98 Å². The van der Waals surface area contributed by atoms with E-state index in [4.69, 9.17) is 0 Å². The molecule has 3 heterocycles. The van der Waals surface area contributed by atoms with E-state index < -0.39 is 9.84 Å². The van der Waals surface area contributed by atoms with Crippen LogP contribution in [0.5, 0.6) is 0 Å². The van der Waals surface area contributed by atoms with Crippen molar-refractivity contribution in [3.63, 3.8) is 0 Å². The third-order valence-electron chi connectivity index (χ3n) is 3.30. The van der Waals surface area contributed by atoms with Gasteiger partial charge in [0.1, 0.15) is 0 Å². The van der Waals surface area contributed by atoms with Gasteiger partial charge in [0.15, 0.2) is 15.7 Å².